The number of aromatic amines is 1. The Labute approximate surface area is 135 Å². The number of hydrogen-bond acceptors (Lipinski definition) is 5. The second-order valence-electron chi connectivity index (χ2n) is 5.56. The minimum Gasteiger partial charge on any atom is -0.332 e. The first-order valence-corrected chi connectivity index (χ1v) is 7.89. The fourth-order valence-corrected chi connectivity index (χ4v) is 3.14. The van der Waals surface area contributed by atoms with Crippen molar-refractivity contribution in [3.05, 3.63) is 40.6 Å². The van der Waals surface area contributed by atoms with Crippen LogP contribution in [0.3, 0.4) is 0 Å². The van der Waals surface area contributed by atoms with Crippen LogP contribution in [0.2, 0.25) is 0 Å². The van der Waals surface area contributed by atoms with Crippen molar-refractivity contribution in [3.8, 4) is 22.8 Å². The zero-order chi connectivity index (χ0) is 15.2. The van der Waals surface area contributed by atoms with Crippen molar-refractivity contribution >= 4 is 15.9 Å². The Hall–Kier alpha value is -1.99. The standard InChI is InChI=1S/C15H14BrN5O/c16-10-11(9-5-2-1-3-6-9)19-20-12(10)13-18-14(21-22-13)15(17)7-4-8-15/h1-3,5-6H,4,7-8,17H2,(H,19,20). The number of nitrogens with zero attached hydrogens (tertiary/aromatic N) is 3. The van der Waals surface area contributed by atoms with Crippen LogP contribution in [0.25, 0.3) is 22.8 Å². The van der Waals surface area contributed by atoms with E-state index in [1.807, 2.05) is 30.3 Å². The number of rotatable bonds is 3. The molecular weight excluding hydrogens is 346 g/mol. The van der Waals surface area contributed by atoms with Gasteiger partial charge in [-0.3, -0.25) is 5.10 Å². The molecule has 0 amide bonds. The molecule has 0 atom stereocenters. The highest BCUT2D eigenvalue weighted by molar-refractivity contribution is 9.10. The predicted octanol–water partition coefficient (Wildman–Crippen LogP) is 3.23. The number of halogens is 1. The first kappa shape index (κ1) is 13.7. The summed E-state index contributed by atoms with van der Waals surface area (Å²) in [5, 5.41) is 11.3. The van der Waals surface area contributed by atoms with Crippen LogP contribution < -0.4 is 5.73 Å². The molecule has 112 valence electrons. The molecule has 1 fully saturated rings. The van der Waals surface area contributed by atoms with Crippen molar-refractivity contribution in [2.75, 3.05) is 0 Å². The molecule has 22 heavy (non-hydrogen) atoms. The number of nitrogens with two attached hydrogens (primary N) is 1. The van der Waals surface area contributed by atoms with Crippen LogP contribution in [-0.2, 0) is 5.54 Å². The lowest BCUT2D eigenvalue weighted by Crippen LogP contribution is -2.44. The van der Waals surface area contributed by atoms with Gasteiger partial charge in [0.1, 0.15) is 11.4 Å². The van der Waals surface area contributed by atoms with Crippen molar-refractivity contribution < 1.29 is 4.52 Å². The minimum absolute atomic E-state index is 0.397. The van der Waals surface area contributed by atoms with Gasteiger partial charge in [-0.05, 0) is 35.2 Å². The Morgan fingerprint density at radius 1 is 1.23 bits per heavy atom. The highest BCUT2D eigenvalue weighted by Crippen LogP contribution is 2.39. The lowest BCUT2D eigenvalue weighted by molar-refractivity contribution is 0.229. The average molecular weight is 360 g/mol. The van der Waals surface area contributed by atoms with Gasteiger partial charge in [0.2, 0.25) is 0 Å². The molecule has 3 aromatic rings. The van der Waals surface area contributed by atoms with Gasteiger partial charge in [-0.2, -0.15) is 10.1 Å². The van der Waals surface area contributed by atoms with E-state index in [2.05, 4.69) is 36.3 Å². The summed E-state index contributed by atoms with van der Waals surface area (Å²) < 4.78 is 6.16. The van der Waals surface area contributed by atoms with E-state index in [-0.39, 0.29) is 0 Å². The summed E-state index contributed by atoms with van der Waals surface area (Å²) in [4.78, 5) is 4.44. The number of benzene rings is 1. The first-order valence-electron chi connectivity index (χ1n) is 7.10. The first-order chi connectivity index (χ1) is 10.7. The third-order valence-corrected chi connectivity index (χ3v) is 4.86. The van der Waals surface area contributed by atoms with Gasteiger partial charge in [0.05, 0.1) is 10.0 Å². The quantitative estimate of drug-likeness (QED) is 0.748. The van der Waals surface area contributed by atoms with Gasteiger partial charge >= 0.3 is 0 Å². The summed E-state index contributed by atoms with van der Waals surface area (Å²) in [5.74, 6) is 0.963. The fourth-order valence-electron chi connectivity index (χ4n) is 2.57. The minimum atomic E-state index is -0.434. The van der Waals surface area contributed by atoms with Gasteiger partial charge in [-0.25, -0.2) is 0 Å². The normalized spacial score (nSPS) is 16.5. The lowest BCUT2D eigenvalue weighted by atomic mass is 9.77. The Morgan fingerprint density at radius 3 is 2.68 bits per heavy atom. The van der Waals surface area contributed by atoms with Crippen LogP contribution in [-0.4, -0.2) is 20.3 Å². The molecule has 6 nitrogen and oxygen atoms in total. The van der Waals surface area contributed by atoms with Crippen LogP contribution >= 0.6 is 15.9 Å². The Bertz CT molecular complexity index is 806. The summed E-state index contributed by atoms with van der Waals surface area (Å²) in [5.41, 5.74) is 8.27. The van der Waals surface area contributed by atoms with E-state index in [0.717, 1.165) is 35.0 Å². The summed E-state index contributed by atoms with van der Waals surface area (Å²) in [6.45, 7) is 0. The maximum Gasteiger partial charge on any atom is 0.277 e. The van der Waals surface area contributed by atoms with Crippen LogP contribution in [0.15, 0.2) is 39.3 Å². The molecule has 4 rings (SSSR count). The molecule has 1 saturated carbocycles. The molecule has 2 aromatic heterocycles. The molecule has 1 aliphatic carbocycles. The topological polar surface area (TPSA) is 93.6 Å². The van der Waals surface area contributed by atoms with E-state index in [1.54, 1.807) is 0 Å². The number of nitrogens with one attached hydrogen (secondary N) is 1. The van der Waals surface area contributed by atoms with Crippen molar-refractivity contribution in [1.82, 2.24) is 20.3 Å². The lowest BCUT2D eigenvalue weighted by Gasteiger charge is -2.34. The molecule has 0 radical (unpaired) electrons. The molecule has 3 N–H and O–H groups in total. The smallest absolute Gasteiger partial charge is 0.277 e. The molecule has 1 aliphatic rings. The predicted molar refractivity (Wildman–Crippen MR) is 84.7 cm³/mol. The Balaban J connectivity index is 1.71. The van der Waals surface area contributed by atoms with E-state index in [0.29, 0.717) is 17.4 Å². The van der Waals surface area contributed by atoms with Gasteiger partial charge in [0.15, 0.2) is 5.82 Å². The second kappa shape index (κ2) is 5.03. The molecular formula is C15H14BrN5O. The van der Waals surface area contributed by atoms with E-state index in [9.17, 15) is 0 Å². The highest BCUT2D eigenvalue weighted by atomic mass is 79.9. The second-order valence-corrected chi connectivity index (χ2v) is 6.35. The highest BCUT2D eigenvalue weighted by Gasteiger charge is 2.39. The van der Waals surface area contributed by atoms with E-state index in [4.69, 9.17) is 10.3 Å². The van der Waals surface area contributed by atoms with Gasteiger partial charge < -0.3 is 10.3 Å². The Kier molecular flexibility index (Phi) is 3.12. The molecule has 7 heteroatoms. The van der Waals surface area contributed by atoms with Gasteiger partial charge in [0.25, 0.3) is 5.89 Å². The van der Waals surface area contributed by atoms with Gasteiger partial charge in [-0.1, -0.05) is 35.5 Å². The third-order valence-electron chi connectivity index (χ3n) is 4.09. The van der Waals surface area contributed by atoms with Crippen molar-refractivity contribution in [2.24, 2.45) is 5.73 Å². The maximum absolute atomic E-state index is 6.23. The van der Waals surface area contributed by atoms with E-state index < -0.39 is 5.54 Å². The van der Waals surface area contributed by atoms with E-state index >= 15 is 0 Å². The number of aromatic nitrogens is 4. The molecule has 0 spiro atoms. The molecule has 0 aliphatic heterocycles. The van der Waals surface area contributed by atoms with Crippen molar-refractivity contribution in [1.29, 1.82) is 0 Å². The third kappa shape index (κ3) is 2.08. The van der Waals surface area contributed by atoms with Crippen LogP contribution in [0.4, 0.5) is 0 Å². The zero-order valence-electron chi connectivity index (χ0n) is 11.7. The SMILES string of the molecule is NC1(c2noc(-c3[nH]nc(-c4ccccc4)c3Br)n2)CCC1. The van der Waals surface area contributed by atoms with Gasteiger partial charge in [-0.15, -0.1) is 0 Å². The largest absolute Gasteiger partial charge is 0.332 e. The van der Waals surface area contributed by atoms with Crippen LogP contribution in [0.1, 0.15) is 25.1 Å². The van der Waals surface area contributed by atoms with E-state index in [1.165, 1.54) is 0 Å². The van der Waals surface area contributed by atoms with Crippen molar-refractivity contribution in [3.63, 3.8) is 0 Å². The summed E-state index contributed by atoms with van der Waals surface area (Å²) in [6.07, 6.45) is 2.89. The average Bonchev–Trinajstić information content (AvgIpc) is 3.12. The van der Waals surface area contributed by atoms with Crippen molar-refractivity contribution in [2.45, 2.75) is 24.8 Å². The molecule has 2 heterocycles. The van der Waals surface area contributed by atoms with Crippen LogP contribution in [0, 0.1) is 0 Å². The summed E-state index contributed by atoms with van der Waals surface area (Å²) >= 11 is 3.56. The molecule has 0 unspecified atom stereocenters. The Morgan fingerprint density at radius 2 is 2.00 bits per heavy atom. The molecule has 1 aromatic carbocycles. The number of H-pyrrole nitrogens is 1. The zero-order valence-corrected chi connectivity index (χ0v) is 13.3. The monoisotopic (exact) mass is 359 g/mol. The summed E-state index contributed by atoms with van der Waals surface area (Å²) in [6, 6.07) is 9.89. The fraction of sp³-hybridized carbons (Fsp3) is 0.267. The molecule has 0 bridgehead atoms. The molecule has 0 saturated heterocycles. The van der Waals surface area contributed by atoms with Gasteiger partial charge in [0, 0.05) is 5.56 Å². The maximum atomic E-state index is 6.23. The van der Waals surface area contributed by atoms with Crippen LogP contribution in [0.5, 0.6) is 0 Å². The number of hydrogen-bond donors (Lipinski definition) is 2. The summed E-state index contributed by atoms with van der Waals surface area (Å²) in [7, 11) is 0.